The number of nitrogens with zero attached hydrogens (tertiary/aromatic N) is 1. The number of amides is 1. The average molecular weight is 319 g/mol. The third kappa shape index (κ3) is 3.91. The molecule has 3 nitrogen and oxygen atoms in total. The summed E-state index contributed by atoms with van der Waals surface area (Å²) in [5.74, 6) is 0.335. The molecule has 1 aliphatic heterocycles. The van der Waals surface area contributed by atoms with Crippen molar-refractivity contribution in [3.05, 3.63) is 35.4 Å². The maximum Gasteiger partial charge on any atom is 0.416 e. The zero-order valence-electron chi connectivity index (χ0n) is 11.5. The minimum Gasteiger partial charge on any atom is -0.380 e. The highest BCUT2D eigenvalue weighted by atomic mass is 32.2. The number of hydrogen-bond donors (Lipinski definition) is 0. The molecule has 0 aliphatic carbocycles. The van der Waals surface area contributed by atoms with Crippen LogP contribution in [-0.4, -0.2) is 36.3 Å². The van der Waals surface area contributed by atoms with Gasteiger partial charge in [-0.2, -0.15) is 13.2 Å². The Morgan fingerprint density at radius 1 is 1.33 bits per heavy atom. The molecule has 1 fully saturated rings. The Labute approximate surface area is 125 Å². The number of hydrogen-bond acceptors (Lipinski definition) is 3. The maximum absolute atomic E-state index is 12.6. The zero-order valence-corrected chi connectivity index (χ0v) is 12.3. The lowest BCUT2D eigenvalue weighted by atomic mass is 10.1. The quantitative estimate of drug-likeness (QED) is 0.780. The molecule has 0 bridgehead atoms. The van der Waals surface area contributed by atoms with Crippen LogP contribution in [0.4, 0.5) is 13.2 Å². The number of rotatable bonds is 5. The Kier molecular flexibility index (Phi) is 5.16. The Balaban J connectivity index is 2.10. The molecule has 1 saturated heterocycles. The minimum atomic E-state index is -4.34. The van der Waals surface area contributed by atoms with Gasteiger partial charge in [-0.25, -0.2) is 0 Å². The summed E-state index contributed by atoms with van der Waals surface area (Å²) in [6, 6.07) is 4.98. The van der Waals surface area contributed by atoms with E-state index in [9.17, 15) is 18.0 Å². The summed E-state index contributed by atoms with van der Waals surface area (Å²) in [6.07, 6.45) is -4.34. The zero-order chi connectivity index (χ0) is 15.5. The molecule has 21 heavy (non-hydrogen) atoms. The molecule has 2 rings (SSSR count). The summed E-state index contributed by atoms with van der Waals surface area (Å²) >= 11 is 1.42. The monoisotopic (exact) mass is 319 g/mol. The fourth-order valence-corrected chi connectivity index (χ4v) is 3.33. The highest BCUT2D eigenvalue weighted by Gasteiger charge is 2.34. The molecule has 1 aromatic rings. The number of benzene rings is 1. The first-order valence-corrected chi connectivity index (χ1v) is 7.64. The standard InChI is InChI=1S/C14H16F3NO2S/c1-2-20-8-7-18-12(19)9-21-13(18)10-3-5-11(6-4-10)14(15,16)17/h3-6,13H,2,7-9H2,1H3. The van der Waals surface area contributed by atoms with E-state index in [-0.39, 0.29) is 11.3 Å². The number of alkyl halides is 3. The van der Waals surface area contributed by atoms with E-state index in [0.717, 1.165) is 12.1 Å². The van der Waals surface area contributed by atoms with Crippen LogP contribution in [0.2, 0.25) is 0 Å². The van der Waals surface area contributed by atoms with E-state index in [1.807, 2.05) is 6.92 Å². The van der Waals surface area contributed by atoms with E-state index < -0.39 is 11.7 Å². The lowest BCUT2D eigenvalue weighted by Gasteiger charge is -2.24. The molecular weight excluding hydrogens is 303 g/mol. The van der Waals surface area contributed by atoms with Gasteiger partial charge in [-0.1, -0.05) is 12.1 Å². The lowest BCUT2D eigenvalue weighted by molar-refractivity contribution is -0.137. The first kappa shape index (κ1) is 16.2. The first-order valence-electron chi connectivity index (χ1n) is 6.59. The third-order valence-electron chi connectivity index (χ3n) is 3.17. The highest BCUT2D eigenvalue weighted by Crippen LogP contribution is 2.39. The summed E-state index contributed by atoms with van der Waals surface area (Å²) in [5, 5.41) is -0.236. The van der Waals surface area contributed by atoms with Crippen molar-refractivity contribution in [2.75, 3.05) is 25.5 Å². The van der Waals surface area contributed by atoms with Gasteiger partial charge in [0.05, 0.1) is 17.9 Å². The Hall–Kier alpha value is -1.21. The summed E-state index contributed by atoms with van der Waals surface area (Å²) in [7, 11) is 0. The molecule has 1 aromatic carbocycles. The van der Waals surface area contributed by atoms with E-state index >= 15 is 0 Å². The Bertz CT molecular complexity index is 490. The Morgan fingerprint density at radius 3 is 2.57 bits per heavy atom. The third-order valence-corrected chi connectivity index (χ3v) is 4.43. The normalized spacial score (nSPS) is 19.3. The van der Waals surface area contributed by atoms with Crippen LogP contribution in [0, 0.1) is 0 Å². The average Bonchev–Trinajstić information content (AvgIpc) is 2.80. The van der Waals surface area contributed by atoms with Crippen molar-refractivity contribution in [3.8, 4) is 0 Å². The molecular formula is C14H16F3NO2S. The number of carbonyl (C=O) groups is 1. The van der Waals surface area contributed by atoms with Gasteiger partial charge >= 0.3 is 6.18 Å². The van der Waals surface area contributed by atoms with Gasteiger partial charge in [0.1, 0.15) is 5.37 Å². The van der Waals surface area contributed by atoms with Crippen molar-refractivity contribution in [3.63, 3.8) is 0 Å². The summed E-state index contributed by atoms with van der Waals surface area (Å²) in [5.41, 5.74) is 0.0248. The fourth-order valence-electron chi connectivity index (χ4n) is 2.12. The van der Waals surface area contributed by atoms with Crippen LogP contribution in [-0.2, 0) is 15.7 Å². The predicted molar refractivity (Wildman–Crippen MR) is 74.8 cm³/mol. The number of ether oxygens (including phenoxy) is 1. The second-order valence-electron chi connectivity index (χ2n) is 4.57. The fraction of sp³-hybridized carbons (Fsp3) is 0.500. The topological polar surface area (TPSA) is 29.5 Å². The molecule has 0 spiro atoms. The van der Waals surface area contributed by atoms with E-state index in [2.05, 4.69) is 0 Å². The van der Waals surface area contributed by atoms with E-state index in [0.29, 0.717) is 31.1 Å². The lowest BCUT2D eigenvalue weighted by Crippen LogP contribution is -2.31. The van der Waals surface area contributed by atoms with Crippen LogP contribution in [0.25, 0.3) is 0 Å². The number of thioether (sulfide) groups is 1. The van der Waals surface area contributed by atoms with E-state index in [4.69, 9.17) is 4.74 Å². The predicted octanol–water partition coefficient (Wildman–Crippen LogP) is 3.32. The van der Waals surface area contributed by atoms with Crippen molar-refractivity contribution in [2.45, 2.75) is 18.5 Å². The van der Waals surface area contributed by atoms with Crippen molar-refractivity contribution >= 4 is 17.7 Å². The number of halogens is 3. The highest BCUT2D eigenvalue weighted by molar-refractivity contribution is 8.00. The van der Waals surface area contributed by atoms with Crippen LogP contribution in [0.15, 0.2) is 24.3 Å². The van der Waals surface area contributed by atoms with Gasteiger partial charge in [-0.05, 0) is 24.6 Å². The van der Waals surface area contributed by atoms with Gasteiger partial charge in [0, 0.05) is 13.2 Å². The van der Waals surface area contributed by atoms with Crippen LogP contribution >= 0.6 is 11.8 Å². The molecule has 0 aromatic heterocycles. The first-order chi connectivity index (χ1) is 9.93. The van der Waals surface area contributed by atoms with Gasteiger partial charge < -0.3 is 9.64 Å². The molecule has 0 saturated carbocycles. The summed E-state index contributed by atoms with van der Waals surface area (Å²) < 4.78 is 42.9. The second-order valence-corrected chi connectivity index (χ2v) is 5.64. The maximum atomic E-state index is 12.6. The molecule has 1 unspecified atom stereocenters. The van der Waals surface area contributed by atoms with Crippen LogP contribution in [0.5, 0.6) is 0 Å². The van der Waals surface area contributed by atoms with Crippen molar-refractivity contribution in [2.24, 2.45) is 0 Å². The van der Waals surface area contributed by atoms with Gasteiger partial charge in [0.2, 0.25) is 5.91 Å². The van der Waals surface area contributed by atoms with Crippen LogP contribution < -0.4 is 0 Å². The molecule has 116 valence electrons. The number of carbonyl (C=O) groups excluding carboxylic acids is 1. The molecule has 0 radical (unpaired) electrons. The van der Waals surface area contributed by atoms with Gasteiger partial charge in [-0.3, -0.25) is 4.79 Å². The van der Waals surface area contributed by atoms with E-state index in [1.54, 1.807) is 4.90 Å². The van der Waals surface area contributed by atoms with Crippen molar-refractivity contribution in [1.29, 1.82) is 0 Å². The summed E-state index contributed by atoms with van der Waals surface area (Å²) in [4.78, 5) is 13.5. The largest absolute Gasteiger partial charge is 0.416 e. The second kappa shape index (κ2) is 6.70. The molecule has 0 N–H and O–H groups in total. The molecule has 1 atom stereocenters. The van der Waals surface area contributed by atoms with E-state index in [1.165, 1.54) is 23.9 Å². The molecule has 1 aliphatic rings. The molecule has 1 heterocycles. The summed E-state index contributed by atoms with van der Waals surface area (Å²) in [6.45, 7) is 3.32. The Morgan fingerprint density at radius 2 is 2.00 bits per heavy atom. The van der Waals surface area contributed by atoms with Crippen LogP contribution in [0.3, 0.4) is 0 Å². The minimum absolute atomic E-state index is 0.00963. The molecule has 1 amide bonds. The van der Waals surface area contributed by atoms with Gasteiger partial charge in [0.25, 0.3) is 0 Å². The van der Waals surface area contributed by atoms with Gasteiger partial charge in [0.15, 0.2) is 0 Å². The smallest absolute Gasteiger partial charge is 0.380 e. The van der Waals surface area contributed by atoms with Crippen LogP contribution in [0.1, 0.15) is 23.4 Å². The molecule has 7 heteroatoms. The van der Waals surface area contributed by atoms with Crippen molar-refractivity contribution in [1.82, 2.24) is 4.90 Å². The van der Waals surface area contributed by atoms with Gasteiger partial charge in [-0.15, -0.1) is 11.8 Å². The van der Waals surface area contributed by atoms with Crippen molar-refractivity contribution < 1.29 is 22.7 Å². The SMILES string of the molecule is CCOCCN1C(=O)CSC1c1ccc(C(F)(F)F)cc1.